The number of allylic oxidation sites excluding steroid dienone is 4. The van der Waals surface area contributed by atoms with Crippen LogP contribution in [0.15, 0.2) is 66.4 Å². The molecule has 6 rings (SSSR count). The number of anilines is 1. The van der Waals surface area contributed by atoms with Crippen molar-refractivity contribution < 1.29 is 48.0 Å². The Morgan fingerprint density at radius 1 is 0.957 bits per heavy atom. The molecule has 1 N–H and O–H groups in total. The van der Waals surface area contributed by atoms with Crippen molar-refractivity contribution in [3.05, 3.63) is 66.4 Å². The van der Waals surface area contributed by atoms with Gasteiger partial charge < -0.3 is 43.2 Å². The van der Waals surface area contributed by atoms with Crippen LogP contribution in [0.1, 0.15) is 125 Å². The molecule has 1 saturated carbocycles. The predicted octanol–water partition coefficient (Wildman–Crippen LogP) is 9.18. The molecule has 69 heavy (non-hydrogen) atoms. The molecule has 0 radical (unpaired) electrons. The maximum absolute atomic E-state index is 14.6. The molecule has 0 spiro atoms. The van der Waals surface area contributed by atoms with Crippen LogP contribution in [-0.4, -0.2) is 121 Å². The van der Waals surface area contributed by atoms with Crippen LogP contribution in [0.5, 0.6) is 0 Å². The number of amides is 1. The van der Waals surface area contributed by atoms with E-state index in [2.05, 4.69) is 79.6 Å². The lowest BCUT2D eigenvalue weighted by Gasteiger charge is -2.47. The second kappa shape index (κ2) is 24.3. The average Bonchev–Trinajstić information content (AvgIpc) is 3.75. The third kappa shape index (κ3) is 12.5. The first kappa shape index (κ1) is 54.2. The Labute approximate surface area is 411 Å². The molecule has 2 saturated heterocycles. The smallest absolute Gasteiger partial charge is 0.329 e. The number of ether oxygens (including phenoxy) is 5. The number of likely N-dealkylation sites (N-methyl/N-ethyl adjacent to an activating group) is 1. The number of piperidine rings is 1. The second-order valence-corrected chi connectivity index (χ2v) is 21.0. The molecule has 1 aromatic heterocycles. The number of ketones is 2. The number of carbonyl (C=O) groups is 4. The van der Waals surface area contributed by atoms with E-state index in [0.29, 0.717) is 44.9 Å². The van der Waals surface area contributed by atoms with Crippen LogP contribution < -0.4 is 4.90 Å². The van der Waals surface area contributed by atoms with Gasteiger partial charge in [-0.1, -0.05) is 51.5 Å². The highest BCUT2D eigenvalue weighted by Gasteiger charge is 2.56. The zero-order valence-electron chi connectivity index (χ0n) is 43.3. The second-order valence-electron chi connectivity index (χ2n) is 21.0. The van der Waals surface area contributed by atoms with E-state index < -0.39 is 59.8 Å². The summed E-state index contributed by atoms with van der Waals surface area (Å²) in [5.41, 5.74) is 4.31. The molecule has 1 aromatic carbocycles. The maximum atomic E-state index is 14.6. The minimum atomic E-state index is -2.48. The highest BCUT2D eigenvalue weighted by Crippen LogP contribution is 2.40. The molecule has 13 nitrogen and oxygen atoms in total. The van der Waals surface area contributed by atoms with Gasteiger partial charge in [0.2, 0.25) is 5.79 Å². The van der Waals surface area contributed by atoms with Gasteiger partial charge in [-0.2, -0.15) is 0 Å². The van der Waals surface area contributed by atoms with Gasteiger partial charge >= 0.3 is 5.97 Å². The lowest BCUT2D eigenvalue weighted by molar-refractivity contribution is -0.302. The largest absolute Gasteiger partial charge is 0.456 e. The third-order valence-electron chi connectivity index (χ3n) is 15.9. The summed E-state index contributed by atoms with van der Waals surface area (Å²) in [5.74, 6) is -6.31. The topological polar surface area (TPSA) is 146 Å². The number of aryl methyl sites for hydroxylation is 1. The van der Waals surface area contributed by atoms with E-state index in [1.807, 2.05) is 20.8 Å². The summed E-state index contributed by atoms with van der Waals surface area (Å²) in [7, 11) is 7.04. The zero-order chi connectivity index (χ0) is 50.2. The fourth-order valence-corrected chi connectivity index (χ4v) is 11.9. The van der Waals surface area contributed by atoms with Gasteiger partial charge in [0.05, 0.1) is 24.4 Å². The first-order valence-electron chi connectivity index (χ1n) is 25.8. The normalized spacial score (nSPS) is 34.1. The van der Waals surface area contributed by atoms with E-state index >= 15 is 0 Å². The Morgan fingerprint density at radius 2 is 1.68 bits per heavy atom. The molecule has 382 valence electrons. The summed E-state index contributed by atoms with van der Waals surface area (Å²) in [5, 5.41) is 13.4. The van der Waals surface area contributed by atoms with Crippen molar-refractivity contribution in [2.45, 2.75) is 180 Å². The number of esters is 1. The SMILES string of the molecule is C=CCC1C=C(C)CC(C)CC(OC)C2OC(O)(C(=O)C(=O)N3CCCCC3C(=O)OC(C(C)=CC3CCC(N(C)c4ccc5c(ccn5CCC)c4)C(OC)C3)C(C)CCC1=O)C(C)CC2OC. The standard InChI is InChI=1S/C56H83N3O10/c1-12-16-42-29-35(3)28-36(4)30-49(66-10)52-50(67-11)32-39(7)56(64,69-52)53(61)54(62)59-26-15-14-17-46(59)55(63)68-51(37(5)18-23-47(42)60)38(6)31-40-19-21-45(48(33-40)65-9)57(8)43-20-22-44-41(34-43)24-27-58(44)25-13-2/h12,20,22,24,27,29,31,34,36-37,39-40,42,45-46,48-52,64H,1,13-19,21,23,25-26,28,30,32-33H2,2-11H3. The number of cyclic esters (lactones) is 1. The van der Waals surface area contributed by atoms with Crippen LogP contribution in [0, 0.1) is 29.6 Å². The molecule has 13 heteroatoms. The van der Waals surface area contributed by atoms with E-state index in [1.54, 1.807) is 34.3 Å². The van der Waals surface area contributed by atoms with Crippen LogP contribution in [0.2, 0.25) is 0 Å². The maximum Gasteiger partial charge on any atom is 0.329 e. The molecule has 4 aliphatic rings. The van der Waals surface area contributed by atoms with Crippen molar-refractivity contribution in [2.75, 3.05) is 39.8 Å². The number of hydrogen-bond acceptors (Lipinski definition) is 11. The van der Waals surface area contributed by atoms with Crippen LogP contribution in [0.25, 0.3) is 10.9 Å². The van der Waals surface area contributed by atoms with Crippen molar-refractivity contribution >= 4 is 40.0 Å². The summed E-state index contributed by atoms with van der Waals surface area (Å²) in [4.78, 5) is 61.2. The van der Waals surface area contributed by atoms with Crippen molar-refractivity contribution in [3.8, 4) is 0 Å². The summed E-state index contributed by atoms with van der Waals surface area (Å²) < 4.78 is 33.2. The van der Waals surface area contributed by atoms with Gasteiger partial charge in [0.25, 0.3) is 11.7 Å². The predicted molar refractivity (Wildman–Crippen MR) is 270 cm³/mol. The zero-order valence-corrected chi connectivity index (χ0v) is 43.3. The molecular weight excluding hydrogens is 875 g/mol. The average molecular weight is 958 g/mol. The van der Waals surface area contributed by atoms with Gasteiger partial charge in [0, 0.05) is 82.5 Å². The van der Waals surface area contributed by atoms with E-state index in [9.17, 15) is 24.3 Å². The van der Waals surface area contributed by atoms with E-state index in [1.165, 1.54) is 15.8 Å². The number of aliphatic hydroxyl groups is 1. The van der Waals surface area contributed by atoms with Crippen molar-refractivity contribution in [3.63, 3.8) is 0 Å². The molecule has 13 atom stereocenters. The first-order chi connectivity index (χ1) is 33.0. The number of fused-ring (bicyclic) bond motifs is 4. The summed E-state index contributed by atoms with van der Waals surface area (Å²) >= 11 is 0. The van der Waals surface area contributed by atoms with Gasteiger partial charge in [-0.3, -0.25) is 14.4 Å². The Balaban J connectivity index is 1.29. The van der Waals surface area contributed by atoms with Gasteiger partial charge in [0.1, 0.15) is 24.0 Å². The molecule has 13 unspecified atom stereocenters. The Hall–Kier alpha value is -4.14. The summed E-state index contributed by atoms with van der Waals surface area (Å²) in [6, 6.07) is 7.96. The van der Waals surface area contributed by atoms with Crippen LogP contribution in [0.4, 0.5) is 5.69 Å². The van der Waals surface area contributed by atoms with Crippen LogP contribution in [-0.2, 0) is 49.4 Å². The van der Waals surface area contributed by atoms with Gasteiger partial charge in [-0.15, -0.1) is 6.58 Å². The number of carbonyl (C=O) groups excluding carboxylic acids is 4. The molecule has 1 aliphatic carbocycles. The molecule has 2 aromatic rings. The molecule has 1 amide bonds. The Morgan fingerprint density at radius 3 is 2.38 bits per heavy atom. The molecule has 4 heterocycles. The molecule has 3 fully saturated rings. The van der Waals surface area contributed by atoms with Gasteiger partial charge in [0.15, 0.2) is 0 Å². The number of hydrogen-bond donors (Lipinski definition) is 1. The van der Waals surface area contributed by atoms with Gasteiger partial charge in [-0.25, -0.2) is 4.79 Å². The van der Waals surface area contributed by atoms with Gasteiger partial charge in [-0.05, 0) is 138 Å². The highest BCUT2D eigenvalue weighted by molar-refractivity contribution is 6.39. The number of aromatic nitrogens is 1. The van der Waals surface area contributed by atoms with E-state index in [-0.39, 0.29) is 61.0 Å². The monoisotopic (exact) mass is 958 g/mol. The number of rotatable bonds is 11. The van der Waals surface area contributed by atoms with Crippen LogP contribution >= 0.6 is 0 Å². The minimum Gasteiger partial charge on any atom is -0.456 e. The number of nitrogens with zero attached hydrogens (tertiary/aromatic N) is 3. The van der Waals surface area contributed by atoms with E-state index in [4.69, 9.17) is 23.7 Å². The van der Waals surface area contributed by atoms with Crippen LogP contribution in [0.3, 0.4) is 0 Å². The van der Waals surface area contributed by atoms with Crippen molar-refractivity contribution in [1.82, 2.24) is 9.47 Å². The fourth-order valence-electron chi connectivity index (χ4n) is 11.9. The highest BCUT2D eigenvalue weighted by atomic mass is 16.7. The lowest BCUT2D eigenvalue weighted by atomic mass is 9.80. The van der Waals surface area contributed by atoms with Crippen molar-refractivity contribution in [2.24, 2.45) is 29.6 Å². The van der Waals surface area contributed by atoms with Crippen molar-refractivity contribution in [1.29, 1.82) is 0 Å². The fraction of sp³-hybridized carbons (Fsp3) is 0.679. The minimum absolute atomic E-state index is 0.0544. The summed E-state index contributed by atoms with van der Waals surface area (Å²) in [6.07, 6.45) is 13.3. The third-order valence-corrected chi connectivity index (χ3v) is 15.9. The Bertz CT molecular complexity index is 2160. The quantitative estimate of drug-likeness (QED) is 0.131. The summed E-state index contributed by atoms with van der Waals surface area (Å²) in [6.45, 7) is 17.1. The number of benzene rings is 1. The first-order valence-corrected chi connectivity index (χ1v) is 25.8. The molecule has 3 aliphatic heterocycles. The number of Topliss-reactive ketones (excluding diaryl/α,β-unsaturated/α-hetero) is 2. The molecule has 2 bridgehead atoms. The molecular formula is C56H83N3O10. The van der Waals surface area contributed by atoms with E-state index in [0.717, 1.165) is 49.1 Å². The lowest BCUT2D eigenvalue weighted by Crippen LogP contribution is -2.64. The Kier molecular flexibility index (Phi) is 19.1. The number of methoxy groups -OCH3 is 3.